The number of anilines is 2. The number of aliphatic carboxylic acids is 1. The first-order chi connectivity index (χ1) is 16.6. The van der Waals surface area contributed by atoms with E-state index in [9.17, 15) is 23.2 Å². The number of alkyl halides is 3. The molecule has 1 aromatic carbocycles. The van der Waals surface area contributed by atoms with Crippen molar-refractivity contribution in [1.29, 1.82) is 5.26 Å². The molecule has 184 valence electrons. The zero-order valence-corrected chi connectivity index (χ0v) is 18.4. The molecule has 1 aliphatic carbocycles. The molecule has 2 aromatic heterocycles. The molecular weight excluding hydrogens is 465 g/mol. The minimum atomic E-state index is -5.08. The van der Waals surface area contributed by atoms with E-state index in [1.165, 1.54) is 0 Å². The number of nitrogens with zero attached hydrogens (tertiary/aromatic N) is 3. The fraction of sp³-hybridized carbons (Fsp3) is 0.304. The van der Waals surface area contributed by atoms with Gasteiger partial charge in [-0.2, -0.15) is 18.4 Å². The Hall–Kier alpha value is -4.11. The summed E-state index contributed by atoms with van der Waals surface area (Å²) in [6.45, 7) is 0. The summed E-state index contributed by atoms with van der Waals surface area (Å²) in [6.07, 6.45) is -0.735. The van der Waals surface area contributed by atoms with E-state index in [1.807, 2.05) is 18.2 Å². The lowest BCUT2D eigenvalue weighted by molar-refractivity contribution is -0.192. The summed E-state index contributed by atoms with van der Waals surface area (Å²) in [5.41, 5.74) is 8.34. The second kappa shape index (κ2) is 10.9. The van der Waals surface area contributed by atoms with Crippen molar-refractivity contribution in [3.8, 4) is 6.07 Å². The third-order valence-corrected chi connectivity index (χ3v) is 5.43. The Labute approximate surface area is 198 Å². The van der Waals surface area contributed by atoms with Crippen LogP contribution in [0.15, 0.2) is 48.5 Å². The second-order valence-corrected chi connectivity index (χ2v) is 7.89. The van der Waals surface area contributed by atoms with Crippen LogP contribution in [0.25, 0.3) is 5.52 Å². The van der Waals surface area contributed by atoms with Crippen molar-refractivity contribution in [2.45, 2.75) is 43.9 Å². The van der Waals surface area contributed by atoms with Gasteiger partial charge in [-0.15, -0.1) is 5.10 Å². The van der Waals surface area contributed by atoms with E-state index in [4.69, 9.17) is 15.6 Å². The van der Waals surface area contributed by atoms with Crippen LogP contribution in [0.1, 0.15) is 41.7 Å². The van der Waals surface area contributed by atoms with Crippen LogP contribution in [0.2, 0.25) is 0 Å². The number of nitrogens with one attached hydrogen (secondary N) is 2. The molecule has 12 heteroatoms. The monoisotopic (exact) mass is 488 g/mol. The Morgan fingerprint density at radius 2 is 1.77 bits per heavy atom. The number of rotatable bonds is 4. The van der Waals surface area contributed by atoms with Crippen molar-refractivity contribution in [3.63, 3.8) is 0 Å². The van der Waals surface area contributed by atoms with Gasteiger partial charge in [0.05, 0.1) is 16.8 Å². The van der Waals surface area contributed by atoms with Crippen LogP contribution in [0.3, 0.4) is 0 Å². The summed E-state index contributed by atoms with van der Waals surface area (Å²) in [6, 6.07) is 16.7. The van der Waals surface area contributed by atoms with Gasteiger partial charge >= 0.3 is 12.1 Å². The van der Waals surface area contributed by atoms with Crippen LogP contribution in [-0.2, 0) is 4.79 Å². The van der Waals surface area contributed by atoms with E-state index in [2.05, 4.69) is 21.8 Å². The Balaban J connectivity index is 0.000000429. The van der Waals surface area contributed by atoms with Gasteiger partial charge in [0, 0.05) is 12.1 Å². The third kappa shape index (κ3) is 6.48. The Kier molecular flexibility index (Phi) is 7.93. The average molecular weight is 488 g/mol. The van der Waals surface area contributed by atoms with Gasteiger partial charge in [0.1, 0.15) is 17.6 Å². The fourth-order valence-corrected chi connectivity index (χ4v) is 3.64. The zero-order valence-electron chi connectivity index (χ0n) is 18.4. The molecule has 0 unspecified atom stereocenters. The summed E-state index contributed by atoms with van der Waals surface area (Å²) in [4.78, 5) is 21.7. The number of hydrogen-bond donors (Lipinski definition) is 4. The first kappa shape index (κ1) is 25.5. The number of aromatic nitrogens is 2. The number of hydrogen-bond acceptors (Lipinski definition) is 6. The molecular formula is C23H23F3N6O3. The summed E-state index contributed by atoms with van der Waals surface area (Å²) >= 11 is 0. The molecule has 1 fully saturated rings. The molecule has 1 saturated carbocycles. The maximum absolute atomic E-state index is 12.8. The van der Waals surface area contributed by atoms with E-state index in [0.717, 1.165) is 31.2 Å². The predicted molar refractivity (Wildman–Crippen MR) is 122 cm³/mol. The highest BCUT2D eigenvalue weighted by molar-refractivity contribution is 6.04. The first-order valence-electron chi connectivity index (χ1n) is 10.7. The minimum Gasteiger partial charge on any atom is -0.475 e. The molecule has 1 amide bonds. The summed E-state index contributed by atoms with van der Waals surface area (Å²) in [5, 5.41) is 27.1. The highest BCUT2D eigenvalue weighted by Crippen LogP contribution is 2.22. The molecule has 4 rings (SSSR count). The quantitative estimate of drug-likeness (QED) is 0.437. The van der Waals surface area contributed by atoms with E-state index < -0.39 is 12.1 Å². The Morgan fingerprint density at radius 1 is 1.11 bits per heavy atom. The first-order valence-corrected chi connectivity index (χ1v) is 10.7. The highest BCUT2D eigenvalue weighted by atomic mass is 19.4. The van der Waals surface area contributed by atoms with Gasteiger partial charge in [0.2, 0.25) is 0 Å². The molecule has 3 aromatic rings. The summed E-state index contributed by atoms with van der Waals surface area (Å²) in [7, 11) is 0. The number of halogens is 3. The molecule has 5 N–H and O–H groups in total. The summed E-state index contributed by atoms with van der Waals surface area (Å²) < 4.78 is 33.3. The fourth-order valence-electron chi connectivity index (χ4n) is 3.64. The van der Waals surface area contributed by atoms with Crippen molar-refractivity contribution in [3.05, 3.63) is 59.8 Å². The van der Waals surface area contributed by atoms with Crippen molar-refractivity contribution in [2.24, 2.45) is 5.73 Å². The van der Waals surface area contributed by atoms with Crippen molar-refractivity contribution in [1.82, 2.24) is 9.61 Å². The van der Waals surface area contributed by atoms with Crippen LogP contribution in [-0.4, -0.2) is 44.9 Å². The predicted octanol–water partition coefficient (Wildman–Crippen LogP) is 3.77. The number of para-hydroxylation sites is 1. The molecule has 2 atom stereocenters. The van der Waals surface area contributed by atoms with E-state index >= 15 is 0 Å². The molecule has 9 nitrogen and oxygen atoms in total. The largest absolute Gasteiger partial charge is 0.490 e. The maximum atomic E-state index is 12.8. The lowest BCUT2D eigenvalue weighted by Crippen LogP contribution is -2.42. The van der Waals surface area contributed by atoms with Crippen LogP contribution in [0, 0.1) is 11.3 Å². The van der Waals surface area contributed by atoms with Gasteiger partial charge in [-0.05, 0) is 49.2 Å². The molecule has 0 bridgehead atoms. The van der Waals surface area contributed by atoms with E-state index in [-0.39, 0.29) is 18.0 Å². The number of carboxylic acids is 1. The van der Waals surface area contributed by atoms with Crippen molar-refractivity contribution < 1.29 is 27.9 Å². The highest BCUT2D eigenvalue weighted by Gasteiger charge is 2.38. The normalized spacial score (nSPS) is 17.6. The Morgan fingerprint density at radius 3 is 2.43 bits per heavy atom. The molecule has 35 heavy (non-hydrogen) atoms. The smallest absolute Gasteiger partial charge is 0.475 e. The molecule has 0 spiro atoms. The number of amides is 1. The van der Waals surface area contributed by atoms with E-state index in [1.54, 1.807) is 34.8 Å². The second-order valence-electron chi connectivity index (χ2n) is 7.89. The van der Waals surface area contributed by atoms with Gasteiger partial charge in [0.25, 0.3) is 5.91 Å². The topological polar surface area (TPSA) is 146 Å². The van der Waals surface area contributed by atoms with Crippen molar-refractivity contribution >= 4 is 28.9 Å². The molecule has 0 aliphatic heterocycles. The van der Waals surface area contributed by atoms with Gasteiger partial charge in [-0.25, -0.2) is 9.31 Å². The molecule has 0 radical (unpaired) electrons. The lowest BCUT2D eigenvalue weighted by atomic mass is 9.91. The standard InChI is InChI=1S/C21H22N6O.C2HF3O2/c22-13-14-5-1-3-7-17(14)25-21(28)19-11-9-15-10-12-20(26-27(15)19)24-18-8-4-2-6-16(18)23;3-2(4,5)1(6)7/h1,3,5,7,9-12,16,18H,2,4,6,8,23H2,(H,24,26)(H,25,28);(H,6,7)/t16-,18+;/m0./s1. The van der Waals surface area contributed by atoms with Crippen LogP contribution >= 0.6 is 0 Å². The SMILES string of the molecule is N#Cc1ccccc1NC(=O)c1ccc2ccc(N[C@@H]3CCCC[C@@H]3N)nn12.O=C(O)C(F)(F)F. The summed E-state index contributed by atoms with van der Waals surface area (Å²) in [5.74, 6) is -2.38. The molecule has 1 aliphatic rings. The van der Waals surface area contributed by atoms with Crippen LogP contribution < -0.4 is 16.4 Å². The van der Waals surface area contributed by atoms with Crippen molar-refractivity contribution in [2.75, 3.05) is 10.6 Å². The number of carbonyl (C=O) groups is 2. The molecule has 2 heterocycles. The van der Waals surface area contributed by atoms with Crippen LogP contribution in [0.5, 0.6) is 0 Å². The third-order valence-electron chi connectivity index (χ3n) is 5.43. The van der Waals surface area contributed by atoms with Gasteiger partial charge in [-0.3, -0.25) is 4.79 Å². The van der Waals surface area contributed by atoms with Gasteiger partial charge in [0.15, 0.2) is 0 Å². The number of carbonyl (C=O) groups excluding carboxylic acids is 1. The van der Waals surface area contributed by atoms with Gasteiger partial charge in [-0.1, -0.05) is 25.0 Å². The van der Waals surface area contributed by atoms with E-state index in [0.29, 0.717) is 22.8 Å². The number of nitriles is 1. The Bertz CT molecular complexity index is 1250. The molecule has 0 saturated heterocycles. The minimum absolute atomic E-state index is 0.112. The number of nitrogens with two attached hydrogens (primary N) is 1. The van der Waals surface area contributed by atoms with Crippen LogP contribution in [0.4, 0.5) is 24.7 Å². The number of fused-ring (bicyclic) bond motifs is 1. The van der Waals surface area contributed by atoms with Gasteiger partial charge < -0.3 is 21.5 Å². The zero-order chi connectivity index (χ0) is 25.6. The number of carboxylic acid groups (broad SMARTS) is 1. The maximum Gasteiger partial charge on any atom is 0.490 e. The number of benzene rings is 1. The lowest BCUT2D eigenvalue weighted by Gasteiger charge is -2.29. The average Bonchev–Trinajstić information content (AvgIpc) is 3.24.